The van der Waals surface area contributed by atoms with E-state index in [0.717, 1.165) is 5.56 Å². The highest BCUT2D eigenvalue weighted by Gasteiger charge is 2.27. The number of ether oxygens (including phenoxy) is 1. The lowest BCUT2D eigenvalue weighted by molar-refractivity contribution is -0.385. The highest BCUT2D eigenvalue weighted by atomic mass is 16.6. The molecule has 0 N–H and O–H groups in total. The fourth-order valence-electron chi connectivity index (χ4n) is 3.05. The standard InChI is InChI=1S/C19H19N3O5/c1-27-19(24)16-11-15(7-8-17(16)22(25)26)20-9-10-21(18(23)13-20)12-14-5-3-2-4-6-14/h2-8,11H,9-10,12-13H2,1H3. The third kappa shape index (κ3) is 4.05. The van der Waals surface area contributed by atoms with Crippen LogP contribution >= 0.6 is 0 Å². The minimum absolute atomic E-state index is 0.0388. The van der Waals surface area contributed by atoms with Crippen LogP contribution in [0.1, 0.15) is 15.9 Å². The molecule has 0 unspecified atom stereocenters. The molecule has 1 heterocycles. The number of rotatable bonds is 5. The van der Waals surface area contributed by atoms with Crippen molar-refractivity contribution >= 4 is 23.3 Å². The molecule has 1 saturated heterocycles. The SMILES string of the molecule is COC(=O)c1cc(N2CCN(Cc3ccccc3)C(=O)C2)ccc1[N+](=O)[O-]. The van der Waals surface area contributed by atoms with Gasteiger partial charge in [0.05, 0.1) is 18.6 Å². The maximum atomic E-state index is 12.5. The summed E-state index contributed by atoms with van der Waals surface area (Å²) in [7, 11) is 1.17. The predicted molar refractivity (Wildman–Crippen MR) is 98.5 cm³/mol. The van der Waals surface area contributed by atoms with Crippen molar-refractivity contribution in [3.05, 3.63) is 69.8 Å². The fraction of sp³-hybridized carbons (Fsp3) is 0.263. The van der Waals surface area contributed by atoms with Crippen LogP contribution in [0.2, 0.25) is 0 Å². The number of nitro groups is 1. The number of nitro benzene ring substituents is 1. The van der Waals surface area contributed by atoms with Crippen molar-refractivity contribution in [2.24, 2.45) is 0 Å². The molecule has 8 nitrogen and oxygen atoms in total. The number of benzene rings is 2. The number of hydrogen-bond acceptors (Lipinski definition) is 6. The Morgan fingerprint density at radius 2 is 1.93 bits per heavy atom. The summed E-state index contributed by atoms with van der Waals surface area (Å²) in [5.41, 5.74) is 1.19. The highest BCUT2D eigenvalue weighted by molar-refractivity contribution is 5.95. The van der Waals surface area contributed by atoms with E-state index in [4.69, 9.17) is 0 Å². The summed E-state index contributed by atoms with van der Waals surface area (Å²) >= 11 is 0. The molecule has 3 rings (SSSR count). The Kier molecular flexibility index (Phi) is 5.35. The fourth-order valence-corrected chi connectivity index (χ4v) is 3.05. The van der Waals surface area contributed by atoms with E-state index in [1.54, 1.807) is 15.9 Å². The summed E-state index contributed by atoms with van der Waals surface area (Å²) in [5.74, 6) is -0.819. The predicted octanol–water partition coefficient (Wildman–Crippen LogP) is 2.23. The molecule has 1 amide bonds. The zero-order valence-corrected chi connectivity index (χ0v) is 14.8. The maximum Gasteiger partial charge on any atom is 0.344 e. The van der Waals surface area contributed by atoms with E-state index in [2.05, 4.69) is 4.74 Å². The Morgan fingerprint density at radius 3 is 2.56 bits per heavy atom. The molecule has 2 aromatic rings. The summed E-state index contributed by atoms with van der Waals surface area (Å²) in [6, 6.07) is 14.0. The van der Waals surface area contributed by atoms with E-state index in [1.807, 2.05) is 30.3 Å². The molecule has 0 aliphatic carbocycles. The Balaban J connectivity index is 1.76. The van der Waals surface area contributed by atoms with Crippen LogP contribution in [0.15, 0.2) is 48.5 Å². The number of carbonyl (C=O) groups is 2. The molecule has 0 bridgehead atoms. The van der Waals surface area contributed by atoms with Gasteiger partial charge in [-0.2, -0.15) is 0 Å². The van der Waals surface area contributed by atoms with Crippen molar-refractivity contribution in [2.75, 3.05) is 31.6 Å². The molecule has 0 spiro atoms. The van der Waals surface area contributed by atoms with E-state index in [9.17, 15) is 19.7 Å². The third-order valence-corrected chi connectivity index (χ3v) is 4.48. The van der Waals surface area contributed by atoms with Gasteiger partial charge in [0.1, 0.15) is 5.56 Å². The van der Waals surface area contributed by atoms with Crippen LogP contribution in [0.5, 0.6) is 0 Å². The van der Waals surface area contributed by atoms with Crippen molar-refractivity contribution in [3.8, 4) is 0 Å². The minimum Gasteiger partial charge on any atom is -0.465 e. The molecule has 0 aromatic heterocycles. The molecule has 8 heteroatoms. The lowest BCUT2D eigenvalue weighted by Crippen LogP contribution is -2.50. The minimum atomic E-state index is -0.780. The van der Waals surface area contributed by atoms with Crippen LogP contribution in [-0.4, -0.2) is 48.4 Å². The number of nitrogens with zero attached hydrogens (tertiary/aromatic N) is 3. The van der Waals surface area contributed by atoms with Crippen molar-refractivity contribution < 1.29 is 19.2 Å². The summed E-state index contributed by atoms with van der Waals surface area (Å²) in [6.45, 7) is 1.78. The molecular weight excluding hydrogens is 350 g/mol. The van der Waals surface area contributed by atoms with Crippen LogP contribution in [0.25, 0.3) is 0 Å². The second kappa shape index (κ2) is 7.86. The smallest absolute Gasteiger partial charge is 0.344 e. The Morgan fingerprint density at radius 1 is 1.19 bits per heavy atom. The molecule has 140 valence electrons. The van der Waals surface area contributed by atoms with Gasteiger partial charge < -0.3 is 14.5 Å². The highest BCUT2D eigenvalue weighted by Crippen LogP contribution is 2.27. The van der Waals surface area contributed by atoms with Gasteiger partial charge >= 0.3 is 5.97 Å². The first-order valence-corrected chi connectivity index (χ1v) is 8.43. The Hall–Kier alpha value is -3.42. The Bertz CT molecular complexity index is 869. The Labute approximate surface area is 156 Å². The van der Waals surface area contributed by atoms with Crippen molar-refractivity contribution in [2.45, 2.75) is 6.54 Å². The number of piperazine rings is 1. The van der Waals surface area contributed by atoms with Crippen LogP contribution in [-0.2, 0) is 16.1 Å². The lowest BCUT2D eigenvalue weighted by Gasteiger charge is -2.35. The normalized spacial score (nSPS) is 14.2. The average Bonchev–Trinajstić information content (AvgIpc) is 2.69. The van der Waals surface area contributed by atoms with Gasteiger partial charge in [-0.05, 0) is 17.7 Å². The van der Waals surface area contributed by atoms with Gasteiger partial charge in [-0.15, -0.1) is 0 Å². The van der Waals surface area contributed by atoms with Crippen LogP contribution in [0.4, 0.5) is 11.4 Å². The number of carbonyl (C=O) groups excluding carboxylic acids is 2. The van der Waals surface area contributed by atoms with Crippen LogP contribution < -0.4 is 4.90 Å². The maximum absolute atomic E-state index is 12.5. The van der Waals surface area contributed by atoms with Gasteiger partial charge in [0.2, 0.25) is 5.91 Å². The van der Waals surface area contributed by atoms with Gasteiger partial charge in [-0.3, -0.25) is 14.9 Å². The van der Waals surface area contributed by atoms with Gasteiger partial charge in [0.15, 0.2) is 0 Å². The summed E-state index contributed by atoms with van der Waals surface area (Å²) in [6.07, 6.45) is 0. The molecular formula is C19H19N3O5. The lowest BCUT2D eigenvalue weighted by atomic mass is 10.1. The average molecular weight is 369 g/mol. The van der Waals surface area contributed by atoms with Crippen molar-refractivity contribution in [3.63, 3.8) is 0 Å². The molecule has 2 aromatic carbocycles. The van der Waals surface area contributed by atoms with Crippen molar-refractivity contribution in [1.29, 1.82) is 0 Å². The van der Waals surface area contributed by atoms with E-state index in [1.165, 1.54) is 19.2 Å². The van der Waals surface area contributed by atoms with Crippen molar-refractivity contribution in [1.82, 2.24) is 4.90 Å². The molecule has 1 aliphatic rings. The number of amides is 1. The molecule has 0 atom stereocenters. The second-order valence-electron chi connectivity index (χ2n) is 6.17. The first-order chi connectivity index (χ1) is 13.0. The zero-order valence-electron chi connectivity index (χ0n) is 14.8. The molecule has 27 heavy (non-hydrogen) atoms. The van der Waals surface area contributed by atoms with E-state index in [0.29, 0.717) is 25.3 Å². The molecule has 0 saturated carbocycles. The van der Waals surface area contributed by atoms with Crippen LogP contribution in [0, 0.1) is 10.1 Å². The summed E-state index contributed by atoms with van der Waals surface area (Å²) < 4.78 is 4.64. The molecule has 1 aliphatic heterocycles. The van der Waals surface area contributed by atoms with Gasteiger partial charge in [-0.25, -0.2) is 4.79 Å². The van der Waals surface area contributed by atoms with E-state index < -0.39 is 10.9 Å². The largest absolute Gasteiger partial charge is 0.465 e. The first kappa shape index (κ1) is 18.4. The number of methoxy groups -OCH3 is 1. The van der Waals surface area contributed by atoms with E-state index >= 15 is 0 Å². The summed E-state index contributed by atoms with van der Waals surface area (Å²) in [4.78, 5) is 38.5. The van der Waals surface area contributed by atoms with Gasteiger partial charge in [0.25, 0.3) is 5.69 Å². The molecule has 1 fully saturated rings. The van der Waals surface area contributed by atoms with Crippen LogP contribution in [0.3, 0.4) is 0 Å². The quantitative estimate of drug-likeness (QED) is 0.456. The topological polar surface area (TPSA) is 93.0 Å². The van der Waals surface area contributed by atoms with Gasteiger partial charge in [0, 0.05) is 31.4 Å². The first-order valence-electron chi connectivity index (χ1n) is 8.43. The van der Waals surface area contributed by atoms with Gasteiger partial charge in [-0.1, -0.05) is 30.3 Å². The number of anilines is 1. The third-order valence-electron chi connectivity index (χ3n) is 4.48. The number of esters is 1. The zero-order chi connectivity index (χ0) is 19.4. The number of hydrogen-bond donors (Lipinski definition) is 0. The van der Waals surface area contributed by atoms with E-state index in [-0.39, 0.29) is 23.7 Å². The second-order valence-corrected chi connectivity index (χ2v) is 6.17. The molecule has 0 radical (unpaired) electrons. The monoisotopic (exact) mass is 369 g/mol. The summed E-state index contributed by atoms with van der Waals surface area (Å²) in [5, 5.41) is 11.1.